The van der Waals surface area contributed by atoms with E-state index in [1.54, 1.807) is 12.1 Å². The van der Waals surface area contributed by atoms with E-state index in [4.69, 9.17) is 4.74 Å². The van der Waals surface area contributed by atoms with E-state index in [2.05, 4.69) is 20.4 Å². The molecule has 0 fully saturated rings. The van der Waals surface area contributed by atoms with Gasteiger partial charge in [0.25, 0.3) is 0 Å². The minimum absolute atomic E-state index is 0.0657. The minimum atomic E-state index is -4.72. The molecular weight excluding hydrogens is 311 g/mol. The molecule has 0 heterocycles. The number of para-hydroxylation sites is 1. The Bertz CT molecular complexity index is 493. The lowest BCUT2D eigenvalue weighted by atomic mass is 10.2. The first kappa shape index (κ1) is 19.1. The smallest absolute Gasteiger partial charge is 0.405 e. The van der Waals surface area contributed by atoms with E-state index in [0.717, 1.165) is 0 Å². The van der Waals surface area contributed by atoms with Crippen molar-refractivity contribution in [2.75, 3.05) is 26.3 Å². The number of ether oxygens (including phenoxy) is 2. The molecule has 1 aromatic carbocycles. The number of aliphatic imine (C=N–C) groups is 1. The first-order valence-electron chi connectivity index (χ1n) is 7.39. The van der Waals surface area contributed by atoms with Crippen LogP contribution >= 0.6 is 0 Å². The van der Waals surface area contributed by atoms with Gasteiger partial charge in [-0.1, -0.05) is 18.2 Å². The highest BCUT2D eigenvalue weighted by atomic mass is 19.4. The molecule has 0 amide bonds. The van der Waals surface area contributed by atoms with Gasteiger partial charge < -0.3 is 20.1 Å². The molecule has 0 aliphatic carbocycles. The van der Waals surface area contributed by atoms with Crippen LogP contribution in [0.2, 0.25) is 0 Å². The van der Waals surface area contributed by atoms with E-state index < -0.39 is 6.36 Å². The highest BCUT2D eigenvalue weighted by Crippen LogP contribution is 2.26. The number of rotatable bonds is 8. The van der Waals surface area contributed by atoms with Gasteiger partial charge in [-0.3, -0.25) is 0 Å². The summed E-state index contributed by atoms with van der Waals surface area (Å²) in [5, 5.41) is 6.06. The van der Waals surface area contributed by atoms with E-state index in [1.807, 2.05) is 13.8 Å². The van der Waals surface area contributed by atoms with Crippen LogP contribution in [0.15, 0.2) is 29.3 Å². The summed E-state index contributed by atoms with van der Waals surface area (Å²) in [5.41, 5.74) is 0.354. The van der Waals surface area contributed by atoms with Crippen molar-refractivity contribution in [2.45, 2.75) is 26.8 Å². The maximum absolute atomic E-state index is 12.4. The number of alkyl halides is 3. The lowest BCUT2D eigenvalue weighted by Crippen LogP contribution is -2.39. The van der Waals surface area contributed by atoms with Crippen molar-refractivity contribution in [3.8, 4) is 5.75 Å². The zero-order valence-electron chi connectivity index (χ0n) is 13.2. The molecule has 0 aromatic heterocycles. The average Bonchev–Trinajstić information content (AvgIpc) is 2.49. The molecule has 0 aliphatic heterocycles. The van der Waals surface area contributed by atoms with Crippen molar-refractivity contribution < 1.29 is 22.6 Å². The average molecular weight is 333 g/mol. The molecule has 1 rings (SSSR count). The molecule has 0 radical (unpaired) electrons. The lowest BCUT2D eigenvalue weighted by molar-refractivity contribution is -0.274. The summed E-state index contributed by atoms with van der Waals surface area (Å²) in [5.74, 6) is 0.267. The molecule has 5 nitrogen and oxygen atoms in total. The topological polar surface area (TPSA) is 54.9 Å². The Balaban J connectivity index is 2.71. The fraction of sp³-hybridized carbons (Fsp3) is 0.533. The molecule has 0 spiro atoms. The molecule has 130 valence electrons. The van der Waals surface area contributed by atoms with Gasteiger partial charge in [-0.05, 0) is 19.9 Å². The second-order valence-corrected chi connectivity index (χ2v) is 4.47. The van der Waals surface area contributed by atoms with Crippen molar-refractivity contribution in [1.29, 1.82) is 0 Å². The van der Waals surface area contributed by atoms with Crippen molar-refractivity contribution in [1.82, 2.24) is 10.6 Å². The van der Waals surface area contributed by atoms with Crippen molar-refractivity contribution in [3.63, 3.8) is 0 Å². The van der Waals surface area contributed by atoms with Gasteiger partial charge >= 0.3 is 6.36 Å². The second kappa shape index (κ2) is 9.94. The molecule has 8 heteroatoms. The number of hydrogen-bond donors (Lipinski definition) is 2. The van der Waals surface area contributed by atoms with E-state index in [0.29, 0.717) is 37.8 Å². The predicted molar refractivity (Wildman–Crippen MR) is 82.4 cm³/mol. The maximum atomic E-state index is 12.4. The lowest BCUT2D eigenvalue weighted by Gasteiger charge is -2.14. The zero-order chi connectivity index (χ0) is 17.1. The van der Waals surface area contributed by atoms with Crippen molar-refractivity contribution in [2.24, 2.45) is 4.99 Å². The third-order valence-electron chi connectivity index (χ3n) is 2.69. The Labute approximate surface area is 133 Å². The highest BCUT2D eigenvalue weighted by Gasteiger charge is 2.31. The van der Waals surface area contributed by atoms with Crippen LogP contribution in [0.4, 0.5) is 13.2 Å². The van der Waals surface area contributed by atoms with E-state index in [9.17, 15) is 13.2 Å². The quantitative estimate of drug-likeness (QED) is 0.436. The van der Waals surface area contributed by atoms with Crippen LogP contribution in [-0.4, -0.2) is 38.6 Å². The van der Waals surface area contributed by atoms with E-state index >= 15 is 0 Å². The fourth-order valence-electron chi connectivity index (χ4n) is 1.75. The second-order valence-electron chi connectivity index (χ2n) is 4.47. The number of benzene rings is 1. The van der Waals surface area contributed by atoms with Gasteiger partial charge in [-0.25, -0.2) is 4.99 Å². The van der Waals surface area contributed by atoms with Gasteiger partial charge in [0, 0.05) is 25.3 Å². The van der Waals surface area contributed by atoms with Gasteiger partial charge in [-0.2, -0.15) is 0 Å². The summed E-state index contributed by atoms with van der Waals surface area (Å²) < 4.78 is 46.4. The highest BCUT2D eigenvalue weighted by molar-refractivity contribution is 5.79. The summed E-state index contributed by atoms with van der Waals surface area (Å²) in [7, 11) is 0. The first-order chi connectivity index (χ1) is 11.0. The summed E-state index contributed by atoms with van der Waals surface area (Å²) in [4.78, 5) is 4.26. The molecule has 0 saturated carbocycles. The van der Waals surface area contributed by atoms with E-state index in [1.165, 1.54) is 12.1 Å². The van der Waals surface area contributed by atoms with Crippen LogP contribution in [0, 0.1) is 0 Å². The number of halogens is 3. The standard InChI is InChI=1S/C15H22F3N3O2/c1-3-19-14(20-9-10-22-4-2)21-11-12-7-5-6-8-13(12)23-15(16,17)18/h5-8H,3-4,9-11H2,1-2H3,(H2,19,20,21). The molecule has 0 atom stereocenters. The van der Waals surface area contributed by atoms with Crippen LogP contribution in [-0.2, 0) is 11.3 Å². The summed E-state index contributed by atoms with van der Waals surface area (Å²) in [6.45, 7) is 6.21. The molecule has 0 unspecified atom stereocenters. The first-order valence-corrected chi connectivity index (χ1v) is 7.39. The molecular formula is C15H22F3N3O2. The van der Waals surface area contributed by atoms with Crippen LogP contribution in [0.5, 0.6) is 5.75 Å². The van der Waals surface area contributed by atoms with Crippen LogP contribution in [0.1, 0.15) is 19.4 Å². The number of hydrogen-bond acceptors (Lipinski definition) is 3. The van der Waals surface area contributed by atoms with E-state index in [-0.39, 0.29) is 12.3 Å². The minimum Gasteiger partial charge on any atom is -0.405 e. The van der Waals surface area contributed by atoms with Gasteiger partial charge in [-0.15, -0.1) is 13.2 Å². The molecule has 23 heavy (non-hydrogen) atoms. The number of guanidine groups is 1. The third-order valence-corrected chi connectivity index (χ3v) is 2.69. The van der Waals surface area contributed by atoms with Gasteiger partial charge in [0.1, 0.15) is 5.75 Å². The summed E-state index contributed by atoms with van der Waals surface area (Å²) in [6.07, 6.45) is -4.72. The Kier molecular flexibility index (Phi) is 8.25. The Morgan fingerprint density at radius 3 is 2.57 bits per heavy atom. The molecule has 0 saturated heterocycles. The van der Waals surface area contributed by atoms with Crippen LogP contribution in [0.3, 0.4) is 0 Å². The SMILES string of the molecule is CCNC(=NCc1ccccc1OC(F)(F)F)NCCOCC. The molecule has 0 aliphatic rings. The zero-order valence-corrected chi connectivity index (χ0v) is 13.2. The Morgan fingerprint density at radius 1 is 1.17 bits per heavy atom. The molecule has 2 N–H and O–H groups in total. The third kappa shape index (κ3) is 8.29. The number of nitrogens with zero attached hydrogens (tertiary/aromatic N) is 1. The predicted octanol–water partition coefficient (Wildman–Crippen LogP) is 2.68. The maximum Gasteiger partial charge on any atom is 0.573 e. The van der Waals surface area contributed by atoms with Gasteiger partial charge in [0.15, 0.2) is 5.96 Å². The summed E-state index contributed by atoms with van der Waals surface area (Å²) >= 11 is 0. The van der Waals surface area contributed by atoms with Crippen LogP contribution in [0.25, 0.3) is 0 Å². The summed E-state index contributed by atoms with van der Waals surface area (Å²) in [6, 6.07) is 5.95. The van der Waals surface area contributed by atoms with Crippen molar-refractivity contribution >= 4 is 5.96 Å². The normalized spacial score (nSPS) is 12.1. The molecule has 1 aromatic rings. The monoisotopic (exact) mass is 333 g/mol. The van der Waals surface area contributed by atoms with Gasteiger partial charge in [0.2, 0.25) is 0 Å². The Hall–Kier alpha value is -1.96. The molecule has 0 bridgehead atoms. The van der Waals surface area contributed by atoms with Crippen molar-refractivity contribution in [3.05, 3.63) is 29.8 Å². The van der Waals surface area contributed by atoms with Gasteiger partial charge in [0.05, 0.1) is 13.2 Å². The number of nitrogens with one attached hydrogen (secondary N) is 2. The fourth-order valence-corrected chi connectivity index (χ4v) is 1.75. The van der Waals surface area contributed by atoms with Crippen LogP contribution < -0.4 is 15.4 Å². The largest absolute Gasteiger partial charge is 0.573 e. The Morgan fingerprint density at radius 2 is 1.91 bits per heavy atom.